The smallest absolute Gasteiger partial charge is 0.331 e. The van der Waals surface area contributed by atoms with Crippen LogP contribution >= 0.6 is 0 Å². The number of ether oxygens (including phenoxy) is 12. The van der Waals surface area contributed by atoms with Crippen LogP contribution in [0.3, 0.4) is 0 Å². The molecule has 2 aliphatic carbocycles. The normalized spacial score (nSPS) is 43.0. The van der Waals surface area contributed by atoms with Crippen LogP contribution in [0.5, 0.6) is 23.0 Å². The van der Waals surface area contributed by atoms with Gasteiger partial charge in [0.2, 0.25) is 12.6 Å². The molecule has 6 fully saturated rings. The summed E-state index contributed by atoms with van der Waals surface area (Å²) < 4.78 is 66.4. The molecule has 7 aliphatic heterocycles. The van der Waals surface area contributed by atoms with Crippen LogP contribution in [0, 0.1) is 23.7 Å². The standard InChI is InChI=1S/C29H36O15.C15H22O10.C15H22O9/c1-13-22(36)23(37)24(38)29(41-13)44-27-25(39)28(40-9-8-15-3-6-17(32)19(34)11-15)42-20(12-30)26(27)43-21(35)7-4-14-2-5-16(31)18(33)10-14;16-3-6-9(19)10(20)11(21)14(23-6)24-13-7-5(1-2-22-13)8(18)12-15(7,4-17)25-12;16-4-6-3-8(18)7-1-2-22-14(10(6)7)24-15-13(21)12(20)11(19)9(5-17)23-15/h2-7,10-11,13,20,22-34,36-39H,8-9,12H2,1H3;1-2,5-14,16-21H,3-4H2;1-3,7-21H,4-5H2/b7-4+;;/t13-,20+,22-,23+,24+,25+,26+,27+,28+,29-;5-,6-,7-,8+,9-,10+,11-,12+,13+,14+,15-;7-,8+,9+,10+,11+,12-,13+,14-,15-/m010/s1. The molecule has 7 heterocycles. The van der Waals surface area contributed by atoms with E-state index in [0.29, 0.717) is 16.7 Å². The summed E-state index contributed by atoms with van der Waals surface area (Å²) in [4.78, 5) is 12.8. The summed E-state index contributed by atoms with van der Waals surface area (Å²) in [5, 5.41) is 208. The first-order valence-corrected chi connectivity index (χ1v) is 29.7. The van der Waals surface area contributed by atoms with E-state index < -0.39 is 203 Å². The molecule has 0 amide bonds. The molecule has 11 rings (SSSR count). The Morgan fingerprint density at radius 3 is 1.68 bits per heavy atom. The van der Waals surface area contributed by atoms with E-state index in [0.717, 1.165) is 6.08 Å². The fourth-order valence-corrected chi connectivity index (χ4v) is 12.3. The molecule has 9 aliphatic rings. The number of hydrogen-bond acceptors (Lipinski definition) is 34. The summed E-state index contributed by atoms with van der Waals surface area (Å²) in [6.07, 6.45) is -23.3. The van der Waals surface area contributed by atoms with Crippen molar-refractivity contribution in [1.29, 1.82) is 0 Å². The highest BCUT2D eigenvalue weighted by atomic mass is 16.8. The molecule has 2 aromatic rings. The fourth-order valence-electron chi connectivity index (χ4n) is 12.3. The van der Waals surface area contributed by atoms with E-state index in [4.69, 9.17) is 56.8 Å². The molecule has 34 heteroatoms. The molecule has 0 radical (unpaired) electrons. The molecule has 34 nitrogen and oxygen atoms in total. The van der Waals surface area contributed by atoms with Gasteiger partial charge < -0.3 is 164 Å². The van der Waals surface area contributed by atoms with E-state index in [1.54, 1.807) is 18.2 Å². The molecular weight excluding hydrogens is 1250 g/mol. The number of rotatable bonds is 18. The van der Waals surface area contributed by atoms with Gasteiger partial charge in [-0.1, -0.05) is 18.2 Å². The highest BCUT2D eigenvalue weighted by molar-refractivity contribution is 5.87. The molecule has 93 heavy (non-hydrogen) atoms. The van der Waals surface area contributed by atoms with Crippen molar-refractivity contribution in [2.75, 3.05) is 39.6 Å². The molecule has 520 valence electrons. The summed E-state index contributed by atoms with van der Waals surface area (Å²) >= 11 is 0. The maximum atomic E-state index is 12.8. The number of carbonyl (C=O) groups is 1. The molecule has 1 saturated carbocycles. The third kappa shape index (κ3) is 15.3. The average Bonchev–Trinajstić information content (AvgIpc) is 1.52. The van der Waals surface area contributed by atoms with E-state index >= 15 is 0 Å². The van der Waals surface area contributed by atoms with E-state index in [1.165, 1.54) is 61.9 Å². The monoisotopic (exact) mass is 1330 g/mol. The summed E-state index contributed by atoms with van der Waals surface area (Å²) in [7, 11) is 0. The lowest BCUT2D eigenvalue weighted by molar-refractivity contribution is -0.357. The SMILES string of the molecule is C[C@@H]1O[C@@H](O[C@@H]2[C@@H](O)[C@H](OCCc3ccc(O)c(O)c3)O[C@H](CO)[C@H]2OC(=O)/C=C/c2ccc(O)c(O)c2)[C@H](O)[C@H](O)[C@H]1O.OCC1=C[C@@H](O)[C@@H]2C=CO[C@@H](O[C@@H]3O[C@H](CO)[C@@H](O)[C@H](O)[C@H]3O)[C@H]12.OC[C@H]1O[C@@H](O[C@@H]2OC=C[C@H]3[C@H](O)[C@@H]4O[C@]4(CO)[C@@H]23)[C@H](O)[C@@H](O)[C@@H]1O. The largest absolute Gasteiger partial charge is 0.504 e. The number of benzene rings is 2. The Bertz CT molecular complexity index is 2910. The highest BCUT2D eigenvalue weighted by Gasteiger charge is 2.76. The van der Waals surface area contributed by atoms with Crippen molar-refractivity contribution in [1.82, 2.24) is 0 Å². The maximum Gasteiger partial charge on any atom is 0.331 e. The van der Waals surface area contributed by atoms with Gasteiger partial charge in [-0.05, 0) is 72.5 Å². The van der Waals surface area contributed by atoms with Crippen molar-refractivity contribution in [3.63, 3.8) is 0 Å². The number of aliphatic hydroxyl groups excluding tert-OH is 17. The van der Waals surface area contributed by atoms with Crippen molar-refractivity contribution < 1.29 is 169 Å². The minimum Gasteiger partial charge on any atom is -0.504 e. The van der Waals surface area contributed by atoms with Crippen LogP contribution in [0.15, 0.2) is 78.8 Å². The van der Waals surface area contributed by atoms with Crippen LogP contribution in [0.25, 0.3) is 6.08 Å². The number of aliphatic hydroxyl groups is 17. The van der Waals surface area contributed by atoms with Gasteiger partial charge in [0.15, 0.2) is 54.3 Å². The van der Waals surface area contributed by atoms with Gasteiger partial charge >= 0.3 is 5.97 Å². The Kier molecular flexibility index (Phi) is 23.8. The third-order valence-electron chi connectivity index (χ3n) is 17.6. The average molecular weight is 1330 g/mol. The first kappa shape index (κ1) is 71.9. The van der Waals surface area contributed by atoms with Gasteiger partial charge in [-0.2, -0.15) is 0 Å². The topological polar surface area (TPSA) is 556 Å². The number of carbonyl (C=O) groups excluding carboxylic acids is 1. The lowest BCUT2D eigenvalue weighted by Crippen LogP contribution is -2.65. The van der Waals surface area contributed by atoms with Gasteiger partial charge in [0, 0.05) is 17.9 Å². The van der Waals surface area contributed by atoms with Gasteiger partial charge in [0.05, 0.1) is 82.3 Å². The molecule has 0 unspecified atom stereocenters. The second-order valence-electron chi connectivity index (χ2n) is 23.5. The third-order valence-corrected chi connectivity index (χ3v) is 17.6. The Balaban J connectivity index is 0.000000177. The second kappa shape index (κ2) is 30.8. The van der Waals surface area contributed by atoms with Crippen LogP contribution in [0.1, 0.15) is 18.1 Å². The van der Waals surface area contributed by atoms with Gasteiger partial charge in [0.1, 0.15) is 97.2 Å². The summed E-state index contributed by atoms with van der Waals surface area (Å²) in [5.74, 6) is -4.14. The number of phenols is 4. The van der Waals surface area contributed by atoms with Crippen LogP contribution in [0.4, 0.5) is 0 Å². The van der Waals surface area contributed by atoms with Crippen molar-refractivity contribution in [2.24, 2.45) is 23.7 Å². The zero-order chi connectivity index (χ0) is 67.5. The first-order valence-electron chi connectivity index (χ1n) is 29.7. The lowest BCUT2D eigenvalue weighted by Gasteiger charge is -2.46. The number of esters is 1. The molecule has 0 spiro atoms. The first-order chi connectivity index (χ1) is 44.3. The van der Waals surface area contributed by atoms with Crippen molar-refractivity contribution in [3.05, 3.63) is 89.9 Å². The Labute approximate surface area is 528 Å². The predicted molar refractivity (Wildman–Crippen MR) is 301 cm³/mol. The Morgan fingerprint density at radius 2 is 1.10 bits per heavy atom. The predicted octanol–water partition coefficient (Wildman–Crippen LogP) is -7.41. The molecule has 0 bridgehead atoms. The molecule has 30 atom stereocenters. The minimum absolute atomic E-state index is 0.0754. The molecule has 2 aromatic carbocycles. The van der Waals surface area contributed by atoms with Crippen molar-refractivity contribution >= 4 is 12.0 Å². The lowest BCUT2D eigenvalue weighted by atomic mass is 9.85. The maximum absolute atomic E-state index is 12.8. The molecule has 21 N–H and O–H groups in total. The summed E-state index contributed by atoms with van der Waals surface area (Å²) in [5.41, 5.74) is 0.455. The van der Waals surface area contributed by atoms with E-state index in [9.17, 15) is 112 Å². The summed E-state index contributed by atoms with van der Waals surface area (Å²) in [6, 6.07) is 7.98. The van der Waals surface area contributed by atoms with E-state index in [2.05, 4.69) is 0 Å². The van der Waals surface area contributed by atoms with Crippen LogP contribution in [0.2, 0.25) is 0 Å². The van der Waals surface area contributed by atoms with Gasteiger partial charge in [0.25, 0.3) is 0 Å². The van der Waals surface area contributed by atoms with Gasteiger partial charge in [-0.25, -0.2) is 4.79 Å². The fraction of sp³-hybridized carbons (Fsp3) is 0.644. The molecule has 5 saturated heterocycles. The van der Waals surface area contributed by atoms with Crippen molar-refractivity contribution in [3.8, 4) is 23.0 Å². The van der Waals surface area contributed by atoms with Crippen LogP contribution in [-0.4, -0.2) is 312 Å². The number of aromatic hydroxyl groups is 4. The zero-order valence-electron chi connectivity index (χ0n) is 49.4. The zero-order valence-corrected chi connectivity index (χ0v) is 49.4. The second-order valence-corrected chi connectivity index (χ2v) is 23.5. The Hall–Kier alpha value is -5.37. The minimum atomic E-state index is -1.77. The van der Waals surface area contributed by atoms with Gasteiger partial charge in [-0.3, -0.25) is 0 Å². The molecule has 0 aromatic heterocycles. The summed E-state index contributed by atoms with van der Waals surface area (Å²) in [6.45, 7) is -1.16. The molecular formula is C59H80O34. The number of phenolic OH excluding ortho intramolecular Hbond substituents is 4. The number of hydrogen-bond donors (Lipinski definition) is 21. The van der Waals surface area contributed by atoms with Gasteiger partial charge in [-0.15, -0.1) is 0 Å². The number of epoxide rings is 1. The quantitative estimate of drug-likeness (QED) is 0.0217. The van der Waals surface area contributed by atoms with Crippen LogP contribution < -0.4 is 0 Å². The van der Waals surface area contributed by atoms with E-state index in [-0.39, 0.29) is 55.3 Å². The Morgan fingerprint density at radius 1 is 0.548 bits per heavy atom. The van der Waals surface area contributed by atoms with Crippen molar-refractivity contribution in [2.45, 2.75) is 173 Å². The van der Waals surface area contributed by atoms with E-state index in [1.807, 2.05) is 0 Å². The van der Waals surface area contributed by atoms with Crippen LogP contribution in [-0.2, 0) is 68.1 Å². The highest BCUT2D eigenvalue weighted by Crippen LogP contribution is 2.59. The number of fused-ring (bicyclic) bond motifs is 4.